The van der Waals surface area contributed by atoms with Crippen LogP contribution >= 0.6 is 0 Å². The molecule has 122 valence electrons. The molecular formula is C18H27NO3. The normalized spacial score (nSPS) is 22.1. The van der Waals surface area contributed by atoms with Crippen LogP contribution in [0.25, 0.3) is 0 Å². The van der Waals surface area contributed by atoms with Crippen LogP contribution < -0.4 is 10.1 Å². The lowest BCUT2D eigenvalue weighted by Crippen LogP contribution is -2.41. The van der Waals surface area contributed by atoms with Crippen molar-refractivity contribution in [3.05, 3.63) is 29.3 Å². The quantitative estimate of drug-likeness (QED) is 0.876. The van der Waals surface area contributed by atoms with E-state index in [9.17, 15) is 5.11 Å². The molecule has 4 heteroatoms. The molecule has 0 atom stereocenters. The van der Waals surface area contributed by atoms with Gasteiger partial charge in [-0.25, -0.2) is 0 Å². The third kappa shape index (κ3) is 3.29. The van der Waals surface area contributed by atoms with Gasteiger partial charge in [-0.2, -0.15) is 0 Å². The minimum Gasteiger partial charge on any atom is -0.487 e. The van der Waals surface area contributed by atoms with Crippen LogP contribution in [0.3, 0.4) is 0 Å². The Kier molecular flexibility index (Phi) is 4.44. The van der Waals surface area contributed by atoms with Crippen molar-refractivity contribution in [1.82, 2.24) is 5.32 Å². The molecular weight excluding hydrogens is 278 g/mol. The summed E-state index contributed by atoms with van der Waals surface area (Å²) in [6.07, 6.45) is 2.81. The van der Waals surface area contributed by atoms with Gasteiger partial charge in [0.05, 0.1) is 6.61 Å². The van der Waals surface area contributed by atoms with Gasteiger partial charge in [-0.05, 0) is 32.3 Å². The van der Waals surface area contributed by atoms with Crippen LogP contribution in [0.4, 0.5) is 0 Å². The first-order valence-electron chi connectivity index (χ1n) is 8.23. The van der Waals surface area contributed by atoms with Crippen molar-refractivity contribution in [3.8, 4) is 5.75 Å². The average Bonchev–Trinajstić information content (AvgIpc) is 2.83. The van der Waals surface area contributed by atoms with Crippen molar-refractivity contribution in [3.63, 3.8) is 0 Å². The van der Waals surface area contributed by atoms with E-state index < -0.39 is 0 Å². The molecule has 3 rings (SSSR count). The zero-order valence-electron chi connectivity index (χ0n) is 13.7. The molecule has 2 aliphatic rings. The second-order valence-electron chi connectivity index (χ2n) is 7.32. The lowest BCUT2D eigenvalue weighted by atomic mass is 9.81. The summed E-state index contributed by atoms with van der Waals surface area (Å²) in [4.78, 5) is 0. The number of fused-ring (bicyclic) bond motifs is 1. The molecule has 0 spiro atoms. The Hall–Kier alpha value is -1.10. The number of ether oxygens (including phenoxy) is 2. The summed E-state index contributed by atoms with van der Waals surface area (Å²) in [6, 6.07) is 6.39. The largest absolute Gasteiger partial charge is 0.487 e. The molecule has 2 N–H and O–H groups in total. The Morgan fingerprint density at radius 1 is 1.23 bits per heavy atom. The molecule has 2 heterocycles. The molecule has 0 amide bonds. The lowest BCUT2D eigenvalue weighted by molar-refractivity contribution is -0.0154. The highest BCUT2D eigenvalue weighted by Crippen LogP contribution is 2.37. The number of benzene rings is 1. The van der Waals surface area contributed by atoms with E-state index in [4.69, 9.17) is 9.47 Å². The van der Waals surface area contributed by atoms with Gasteiger partial charge in [-0.3, -0.25) is 0 Å². The second kappa shape index (κ2) is 6.19. The number of nitrogens with one attached hydrogen (secondary N) is 1. The number of aliphatic hydroxyl groups is 1. The Morgan fingerprint density at radius 2 is 2.00 bits per heavy atom. The zero-order chi connectivity index (χ0) is 15.6. The van der Waals surface area contributed by atoms with Gasteiger partial charge in [-0.15, -0.1) is 0 Å². The Bertz CT molecular complexity index is 521. The predicted molar refractivity (Wildman–Crippen MR) is 86.1 cm³/mol. The molecule has 22 heavy (non-hydrogen) atoms. The van der Waals surface area contributed by atoms with Crippen LogP contribution in [0.5, 0.6) is 5.75 Å². The lowest BCUT2D eigenvalue weighted by Gasteiger charge is -2.35. The summed E-state index contributed by atoms with van der Waals surface area (Å²) in [5.41, 5.74) is 2.37. The third-order valence-electron chi connectivity index (χ3n) is 4.88. The molecule has 2 aliphatic heterocycles. The van der Waals surface area contributed by atoms with Gasteiger partial charge in [0, 0.05) is 43.7 Å². The predicted octanol–water partition coefficient (Wildman–Crippen LogP) is 2.28. The molecule has 0 aromatic heterocycles. The van der Waals surface area contributed by atoms with Crippen molar-refractivity contribution in [2.24, 2.45) is 5.41 Å². The monoisotopic (exact) mass is 305 g/mol. The average molecular weight is 305 g/mol. The summed E-state index contributed by atoms with van der Waals surface area (Å²) in [5.74, 6) is 1.05. The maximum Gasteiger partial charge on any atom is 0.127 e. The van der Waals surface area contributed by atoms with E-state index in [1.807, 2.05) is 0 Å². The molecule has 4 nitrogen and oxygen atoms in total. The number of hydrogen-bond donors (Lipinski definition) is 2. The van der Waals surface area contributed by atoms with E-state index in [1.165, 1.54) is 11.1 Å². The van der Waals surface area contributed by atoms with Crippen LogP contribution in [0.1, 0.15) is 37.8 Å². The fourth-order valence-corrected chi connectivity index (χ4v) is 3.48. The summed E-state index contributed by atoms with van der Waals surface area (Å²) in [7, 11) is 0. The van der Waals surface area contributed by atoms with E-state index in [-0.39, 0.29) is 17.6 Å². The summed E-state index contributed by atoms with van der Waals surface area (Å²) in [5, 5.41) is 13.3. The molecule has 0 saturated carbocycles. The fourth-order valence-electron chi connectivity index (χ4n) is 3.48. The van der Waals surface area contributed by atoms with Gasteiger partial charge >= 0.3 is 0 Å². The van der Waals surface area contributed by atoms with E-state index in [0.29, 0.717) is 0 Å². The summed E-state index contributed by atoms with van der Waals surface area (Å²) in [6.45, 7) is 7.59. The molecule has 0 unspecified atom stereocenters. The molecule has 1 fully saturated rings. The minimum absolute atomic E-state index is 0.0314. The topological polar surface area (TPSA) is 50.7 Å². The maximum absolute atomic E-state index is 9.74. The van der Waals surface area contributed by atoms with Gasteiger partial charge in [0.15, 0.2) is 0 Å². The first-order valence-corrected chi connectivity index (χ1v) is 8.23. The van der Waals surface area contributed by atoms with Gasteiger partial charge in [-0.1, -0.05) is 18.2 Å². The highest BCUT2D eigenvalue weighted by Gasteiger charge is 2.33. The second-order valence-corrected chi connectivity index (χ2v) is 7.32. The van der Waals surface area contributed by atoms with Crippen LogP contribution in [-0.4, -0.2) is 37.1 Å². The van der Waals surface area contributed by atoms with Crippen molar-refractivity contribution >= 4 is 0 Å². The molecule has 1 saturated heterocycles. The van der Waals surface area contributed by atoms with E-state index >= 15 is 0 Å². The zero-order valence-corrected chi connectivity index (χ0v) is 13.7. The van der Waals surface area contributed by atoms with Gasteiger partial charge in [0.2, 0.25) is 0 Å². The molecule has 0 radical (unpaired) electrons. The standard InChI is InChI=1S/C18H27NO3/c1-17(2)10-14-4-3-5-15(16(14)22-17)11-19-12-18(13-20)6-8-21-9-7-18/h3-5,19-20H,6-13H2,1-2H3. The Labute approximate surface area is 132 Å². The van der Waals surface area contributed by atoms with Gasteiger partial charge in [0.1, 0.15) is 11.4 Å². The van der Waals surface area contributed by atoms with Crippen molar-refractivity contribution in [1.29, 1.82) is 0 Å². The van der Waals surface area contributed by atoms with E-state index in [1.54, 1.807) is 0 Å². The van der Waals surface area contributed by atoms with E-state index in [2.05, 4.69) is 37.4 Å². The van der Waals surface area contributed by atoms with Crippen LogP contribution in [0.2, 0.25) is 0 Å². The van der Waals surface area contributed by atoms with Gasteiger partial charge < -0.3 is 19.9 Å². The van der Waals surface area contributed by atoms with Crippen LogP contribution in [0, 0.1) is 5.41 Å². The molecule has 1 aromatic carbocycles. The van der Waals surface area contributed by atoms with Crippen LogP contribution in [0.15, 0.2) is 18.2 Å². The highest BCUT2D eigenvalue weighted by molar-refractivity contribution is 5.45. The summed E-state index contributed by atoms with van der Waals surface area (Å²) < 4.78 is 11.5. The number of para-hydroxylation sites is 1. The van der Waals surface area contributed by atoms with E-state index in [0.717, 1.165) is 51.3 Å². The Morgan fingerprint density at radius 3 is 2.73 bits per heavy atom. The number of aliphatic hydroxyl groups excluding tert-OH is 1. The fraction of sp³-hybridized carbons (Fsp3) is 0.667. The van der Waals surface area contributed by atoms with Crippen molar-refractivity contribution < 1.29 is 14.6 Å². The van der Waals surface area contributed by atoms with Crippen molar-refractivity contribution in [2.45, 2.75) is 45.3 Å². The highest BCUT2D eigenvalue weighted by atomic mass is 16.5. The maximum atomic E-state index is 9.74. The summed E-state index contributed by atoms with van der Waals surface area (Å²) >= 11 is 0. The first-order chi connectivity index (χ1) is 10.5. The third-order valence-corrected chi connectivity index (χ3v) is 4.88. The van der Waals surface area contributed by atoms with Gasteiger partial charge in [0.25, 0.3) is 0 Å². The number of hydrogen-bond acceptors (Lipinski definition) is 4. The number of rotatable bonds is 5. The van der Waals surface area contributed by atoms with Crippen molar-refractivity contribution in [2.75, 3.05) is 26.4 Å². The first kappa shape index (κ1) is 15.8. The molecule has 1 aromatic rings. The smallest absolute Gasteiger partial charge is 0.127 e. The van der Waals surface area contributed by atoms with Crippen LogP contribution in [-0.2, 0) is 17.7 Å². The SMILES string of the molecule is CC1(C)Cc2cccc(CNCC3(CO)CCOCC3)c2O1. The minimum atomic E-state index is -0.106. The molecule has 0 bridgehead atoms. The Balaban J connectivity index is 1.62. The molecule has 0 aliphatic carbocycles.